The molecule has 1 atom stereocenters. The second kappa shape index (κ2) is 5.51. The Morgan fingerprint density at radius 2 is 1.93 bits per heavy atom. The van der Waals surface area contributed by atoms with Crippen molar-refractivity contribution in [3.8, 4) is 0 Å². The van der Waals surface area contributed by atoms with Crippen LogP contribution in [0.4, 0.5) is 0 Å². The van der Waals surface area contributed by atoms with Crippen LogP contribution in [0, 0.1) is 5.92 Å². The summed E-state index contributed by atoms with van der Waals surface area (Å²) in [6, 6.07) is 0.110. The fourth-order valence-corrected chi connectivity index (χ4v) is 1.93. The highest BCUT2D eigenvalue weighted by Gasteiger charge is 2.19. The molecule has 3 N–H and O–H groups in total. The molecule has 0 saturated carbocycles. The third-order valence-corrected chi connectivity index (χ3v) is 2.70. The maximum Gasteiger partial charge on any atom is 0.277 e. The second-order valence-corrected chi connectivity index (χ2v) is 5.93. The third-order valence-electron chi connectivity index (χ3n) is 1.86. The molecular weight excluding hydrogens is 210 g/mol. The molecule has 0 amide bonds. The lowest BCUT2D eigenvalue weighted by atomic mass is 10.1. The molecule has 1 rings (SSSR count). The number of hydrogen-bond donors (Lipinski definition) is 1. The lowest BCUT2D eigenvalue weighted by molar-refractivity contribution is -0.435. The van der Waals surface area contributed by atoms with Gasteiger partial charge in [-0.05, 0) is 5.92 Å². The van der Waals surface area contributed by atoms with Crippen LogP contribution in [0.25, 0.3) is 0 Å². The molecule has 0 bridgehead atoms. The molecule has 0 fully saturated rings. The molecule has 15 heavy (non-hydrogen) atoms. The molecule has 0 aliphatic rings. The van der Waals surface area contributed by atoms with E-state index in [0.29, 0.717) is 22.3 Å². The maximum atomic E-state index is 5.54. The van der Waals surface area contributed by atoms with Crippen LogP contribution in [0.15, 0.2) is 9.64 Å². The molecule has 0 saturated heterocycles. The molecular formula is C10H20N3OS+. The summed E-state index contributed by atoms with van der Waals surface area (Å²) in [6.07, 6.45) is 0.980. The standard InChI is InChI=1S/C10H19N3OS/c1-6(2)5-8(11)9-12-13-10(14-9)15-7(3)4/h6-8H,5,11H2,1-4H3/p+1/t8-/m0/s1. The molecule has 0 radical (unpaired) electrons. The zero-order valence-electron chi connectivity index (χ0n) is 9.86. The Balaban J connectivity index is 2.58. The van der Waals surface area contributed by atoms with Gasteiger partial charge in [0.25, 0.3) is 11.1 Å². The number of thioether (sulfide) groups is 1. The molecule has 0 unspecified atom stereocenters. The van der Waals surface area contributed by atoms with Gasteiger partial charge >= 0.3 is 0 Å². The summed E-state index contributed by atoms with van der Waals surface area (Å²) in [7, 11) is 0. The minimum absolute atomic E-state index is 0.110. The molecule has 0 aliphatic heterocycles. The van der Waals surface area contributed by atoms with Gasteiger partial charge in [0.1, 0.15) is 0 Å². The van der Waals surface area contributed by atoms with Gasteiger partial charge in [-0.3, -0.25) is 0 Å². The highest BCUT2D eigenvalue weighted by molar-refractivity contribution is 7.99. The summed E-state index contributed by atoms with van der Waals surface area (Å²) in [5.41, 5.74) is 4.04. The van der Waals surface area contributed by atoms with E-state index in [0.717, 1.165) is 6.42 Å². The van der Waals surface area contributed by atoms with Crippen LogP contribution in [0.1, 0.15) is 46.0 Å². The number of rotatable bonds is 5. The maximum absolute atomic E-state index is 5.54. The SMILES string of the molecule is CC(C)C[C@H]([NH3+])c1nnc(SC(C)C)o1. The van der Waals surface area contributed by atoms with E-state index in [1.807, 2.05) is 0 Å². The van der Waals surface area contributed by atoms with E-state index < -0.39 is 0 Å². The van der Waals surface area contributed by atoms with Crippen molar-refractivity contribution in [2.24, 2.45) is 5.92 Å². The molecule has 0 spiro atoms. The van der Waals surface area contributed by atoms with Crippen LogP contribution in [0.5, 0.6) is 0 Å². The number of hydrogen-bond acceptors (Lipinski definition) is 4. The van der Waals surface area contributed by atoms with E-state index >= 15 is 0 Å². The molecule has 1 heterocycles. The van der Waals surface area contributed by atoms with Crippen LogP contribution in [0.2, 0.25) is 0 Å². The summed E-state index contributed by atoms with van der Waals surface area (Å²) in [4.78, 5) is 0. The van der Waals surface area contributed by atoms with E-state index in [2.05, 4.69) is 43.6 Å². The smallest absolute Gasteiger partial charge is 0.277 e. The summed E-state index contributed by atoms with van der Waals surface area (Å²) < 4.78 is 5.54. The minimum atomic E-state index is 0.110. The van der Waals surface area contributed by atoms with Crippen LogP contribution < -0.4 is 5.73 Å². The summed E-state index contributed by atoms with van der Waals surface area (Å²) in [5.74, 6) is 1.26. The molecule has 5 heteroatoms. The Kier molecular flexibility index (Phi) is 4.60. The van der Waals surface area contributed by atoms with E-state index in [1.165, 1.54) is 0 Å². The zero-order chi connectivity index (χ0) is 11.4. The number of quaternary nitrogens is 1. The van der Waals surface area contributed by atoms with E-state index in [-0.39, 0.29) is 6.04 Å². The summed E-state index contributed by atoms with van der Waals surface area (Å²) in [6.45, 7) is 8.53. The van der Waals surface area contributed by atoms with Gasteiger partial charge in [0.2, 0.25) is 0 Å². The van der Waals surface area contributed by atoms with Crippen LogP contribution >= 0.6 is 11.8 Å². The Labute approximate surface area is 95.0 Å². The first-order valence-electron chi connectivity index (χ1n) is 5.32. The first kappa shape index (κ1) is 12.5. The quantitative estimate of drug-likeness (QED) is 0.784. The largest absolute Gasteiger partial charge is 0.410 e. The molecule has 1 aromatic heterocycles. The summed E-state index contributed by atoms with van der Waals surface area (Å²) >= 11 is 1.59. The number of nitrogens with zero attached hydrogens (tertiary/aromatic N) is 2. The van der Waals surface area contributed by atoms with E-state index in [4.69, 9.17) is 4.42 Å². The molecule has 86 valence electrons. The first-order valence-corrected chi connectivity index (χ1v) is 6.20. The Morgan fingerprint density at radius 3 is 2.47 bits per heavy atom. The predicted octanol–water partition coefficient (Wildman–Crippen LogP) is 1.90. The number of aromatic nitrogens is 2. The van der Waals surface area contributed by atoms with Crippen LogP contribution in [0.3, 0.4) is 0 Å². The van der Waals surface area contributed by atoms with Crippen molar-refractivity contribution in [1.82, 2.24) is 10.2 Å². The monoisotopic (exact) mass is 230 g/mol. The van der Waals surface area contributed by atoms with Gasteiger partial charge in [-0.25, -0.2) is 0 Å². The van der Waals surface area contributed by atoms with Gasteiger partial charge in [-0.1, -0.05) is 39.5 Å². The van der Waals surface area contributed by atoms with Gasteiger partial charge in [0.05, 0.1) is 0 Å². The fourth-order valence-electron chi connectivity index (χ4n) is 1.30. The first-order chi connectivity index (χ1) is 6.99. The van der Waals surface area contributed by atoms with Gasteiger partial charge in [0.15, 0.2) is 6.04 Å². The van der Waals surface area contributed by atoms with Crippen molar-refractivity contribution >= 4 is 11.8 Å². The topological polar surface area (TPSA) is 66.6 Å². The van der Waals surface area contributed by atoms with Crippen molar-refractivity contribution in [3.05, 3.63) is 5.89 Å². The van der Waals surface area contributed by atoms with Crippen molar-refractivity contribution in [2.45, 2.75) is 50.6 Å². The van der Waals surface area contributed by atoms with Crippen molar-refractivity contribution in [3.63, 3.8) is 0 Å². The molecule has 4 nitrogen and oxygen atoms in total. The molecule has 1 aromatic rings. The van der Waals surface area contributed by atoms with E-state index in [9.17, 15) is 0 Å². The lowest BCUT2D eigenvalue weighted by Gasteiger charge is -2.05. The van der Waals surface area contributed by atoms with Gasteiger partial charge in [-0.2, -0.15) is 0 Å². The summed E-state index contributed by atoms with van der Waals surface area (Å²) in [5, 5.41) is 9.13. The lowest BCUT2D eigenvalue weighted by Crippen LogP contribution is -2.54. The Bertz CT molecular complexity index is 299. The van der Waals surface area contributed by atoms with E-state index in [1.54, 1.807) is 11.8 Å². The second-order valence-electron chi connectivity index (χ2n) is 4.40. The van der Waals surface area contributed by atoms with Crippen LogP contribution in [-0.4, -0.2) is 15.4 Å². The molecule has 0 aliphatic carbocycles. The van der Waals surface area contributed by atoms with Crippen molar-refractivity contribution in [1.29, 1.82) is 0 Å². The minimum Gasteiger partial charge on any atom is -0.410 e. The van der Waals surface area contributed by atoms with Gasteiger partial charge < -0.3 is 10.2 Å². The highest BCUT2D eigenvalue weighted by Crippen LogP contribution is 2.23. The average Bonchev–Trinajstić information content (AvgIpc) is 2.50. The fraction of sp³-hybridized carbons (Fsp3) is 0.800. The van der Waals surface area contributed by atoms with Gasteiger partial charge in [0, 0.05) is 11.7 Å². The predicted molar refractivity (Wildman–Crippen MR) is 60.4 cm³/mol. The van der Waals surface area contributed by atoms with Crippen LogP contribution in [-0.2, 0) is 0 Å². The normalized spacial score (nSPS) is 13.8. The Morgan fingerprint density at radius 1 is 1.27 bits per heavy atom. The van der Waals surface area contributed by atoms with Crippen molar-refractivity contribution < 1.29 is 10.2 Å². The molecule has 0 aromatic carbocycles. The Hall–Kier alpha value is -0.550. The van der Waals surface area contributed by atoms with Crippen molar-refractivity contribution in [2.75, 3.05) is 0 Å². The highest BCUT2D eigenvalue weighted by atomic mass is 32.2. The zero-order valence-corrected chi connectivity index (χ0v) is 10.7. The average molecular weight is 230 g/mol. The third kappa shape index (κ3) is 4.22. The van der Waals surface area contributed by atoms with Gasteiger partial charge in [-0.15, -0.1) is 10.2 Å².